The first-order valence-electron chi connectivity index (χ1n) is 4.92. The summed E-state index contributed by atoms with van der Waals surface area (Å²) in [5.41, 5.74) is 1.08. The number of hydrogen-bond donors (Lipinski definition) is 0. The average molecular weight is 216 g/mol. The first kappa shape index (κ1) is 10.4. The standard InChI is InChI=1S/C11H12N4O/c1-10(15-9-12-8-13-15)14-16-7-11-5-3-2-4-6-11/h2-6,8-9H,7H2,1H3. The molecule has 2 rings (SSSR count). The van der Waals surface area contributed by atoms with E-state index in [0.29, 0.717) is 12.4 Å². The molecule has 0 atom stereocenters. The van der Waals surface area contributed by atoms with E-state index in [1.807, 2.05) is 30.3 Å². The second kappa shape index (κ2) is 5.06. The van der Waals surface area contributed by atoms with Gasteiger partial charge in [0.15, 0.2) is 5.84 Å². The molecule has 0 saturated carbocycles. The minimum absolute atomic E-state index is 0.451. The fraction of sp³-hybridized carbons (Fsp3) is 0.182. The zero-order valence-corrected chi connectivity index (χ0v) is 8.95. The lowest BCUT2D eigenvalue weighted by Gasteiger charge is -2.01. The third-order valence-corrected chi connectivity index (χ3v) is 2.02. The van der Waals surface area contributed by atoms with Crippen LogP contribution in [0.3, 0.4) is 0 Å². The van der Waals surface area contributed by atoms with Crippen molar-refractivity contribution in [2.45, 2.75) is 13.5 Å². The van der Waals surface area contributed by atoms with Crippen molar-refractivity contribution in [1.82, 2.24) is 14.8 Å². The van der Waals surface area contributed by atoms with Gasteiger partial charge in [0.2, 0.25) is 0 Å². The molecule has 0 saturated heterocycles. The van der Waals surface area contributed by atoms with Crippen LogP contribution in [0.5, 0.6) is 0 Å². The number of nitrogens with zero attached hydrogens (tertiary/aromatic N) is 4. The fourth-order valence-electron chi connectivity index (χ4n) is 1.19. The molecule has 5 heteroatoms. The lowest BCUT2D eigenvalue weighted by Crippen LogP contribution is -2.08. The Hall–Kier alpha value is -2.17. The van der Waals surface area contributed by atoms with E-state index in [9.17, 15) is 0 Å². The number of benzene rings is 1. The normalized spacial score (nSPS) is 11.4. The quantitative estimate of drug-likeness (QED) is 0.445. The van der Waals surface area contributed by atoms with Crippen molar-refractivity contribution in [3.63, 3.8) is 0 Å². The summed E-state index contributed by atoms with van der Waals surface area (Å²) in [4.78, 5) is 9.03. The Kier molecular flexibility index (Phi) is 3.28. The molecule has 0 unspecified atom stereocenters. The fourth-order valence-corrected chi connectivity index (χ4v) is 1.19. The molecule has 0 N–H and O–H groups in total. The molecule has 82 valence electrons. The van der Waals surface area contributed by atoms with E-state index in [4.69, 9.17) is 4.84 Å². The Balaban J connectivity index is 1.90. The molecular weight excluding hydrogens is 204 g/mol. The first-order valence-corrected chi connectivity index (χ1v) is 4.92. The second-order valence-electron chi connectivity index (χ2n) is 3.24. The van der Waals surface area contributed by atoms with E-state index in [1.165, 1.54) is 6.33 Å². The Bertz CT molecular complexity index is 450. The highest BCUT2D eigenvalue weighted by atomic mass is 16.6. The van der Waals surface area contributed by atoms with Gasteiger partial charge in [0.1, 0.15) is 19.3 Å². The molecule has 0 aliphatic rings. The van der Waals surface area contributed by atoms with Gasteiger partial charge in [0, 0.05) is 0 Å². The smallest absolute Gasteiger partial charge is 0.167 e. The monoisotopic (exact) mass is 216 g/mol. The van der Waals surface area contributed by atoms with Crippen molar-refractivity contribution in [2.24, 2.45) is 5.16 Å². The average Bonchev–Trinajstić information content (AvgIpc) is 2.84. The van der Waals surface area contributed by atoms with Gasteiger partial charge in [-0.15, -0.1) is 0 Å². The van der Waals surface area contributed by atoms with Crippen LogP contribution >= 0.6 is 0 Å². The Morgan fingerprint density at radius 1 is 1.38 bits per heavy atom. The topological polar surface area (TPSA) is 52.3 Å². The number of oxime groups is 1. The second-order valence-corrected chi connectivity index (χ2v) is 3.24. The molecule has 0 radical (unpaired) electrons. The Morgan fingerprint density at radius 2 is 2.19 bits per heavy atom. The lowest BCUT2D eigenvalue weighted by molar-refractivity contribution is 0.129. The van der Waals surface area contributed by atoms with E-state index in [1.54, 1.807) is 17.9 Å². The highest BCUT2D eigenvalue weighted by molar-refractivity contribution is 5.80. The summed E-state index contributed by atoms with van der Waals surface area (Å²) < 4.78 is 1.55. The summed E-state index contributed by atoms with van der Waals surface area (Å²) in [5, 5.41) is 7.88. The molecule has 0 aliphatic carbocycles. The van der Waals surface area contributed by atoms with Crippen LogP contribution in [0.2, 0.25) is 0 Å². The molecule has 5 nitrogen and oxygen atoms in total. The molecule has 0 spiro atoms. The molecule has 0 amide bonds. The molecule has 0 bridgehead atoms. The van der Waals surface area contributed by atoms with Crippen molar-refractivity contribution in [1.29, 1.82) is 0 Å². The predicted octanol–water partition coefficient (Wildman–Crippen LogP) is 1.68. The van der Waals surface area contributed by atoms with E-state index in [0.717, 1.165) is 5.56 Å². The summed E-state index contributed by atoms with van der Waals surface area (Å²) in [5.74, 6) is 0.647. The largest absolute Gasteiger partial charge is 0.389 e. The molecule has 1 aromatic heterocycles. The maximum atomic E-state index is 5.20. The molecule has 2 aromatic rings. The number of rotatable bonds is 3. The third kappa shape index (κ3) is 2.66. The van der Waals surface area contributed by atoms with Gasteiger partial charge >= 0.3 is 0 Å². The van der Waals surface area contributed by atoms with E-state index in [-0.39, 0.29) is 0 Å². The van der Waals surface area contributed by atoms with Crippen LogP contribution in [0.25, 0.3) is 0 Å². The van der Waals surface area contributed by atoms with E-state index >= 15 is 0 Å². The van der Waals surface area contributed by atoms with Crippen molar-refractivity contribution in [3.8, 4) is 0 Å². The van der Waals surface area contributed by atoms with Crippen LogP contribution in [0, 0.1) is 0 Å². The summed E-state index contributed by atoms with van der Waals surface area (Å²) in [7, 11) is 0. The van der Waals surface area contributed by atoms with Crippen molar-refractivity contribution in [3.05, 3.63) is 48.5 Å². The summed E-state index contributed by atoms with van der Waals surface area (Å²) in [6, 6.07) is 9.87. The third-order valence-electron chi connectivity index (χ3n) is 2.02. The first-order chi connectivity index (χ1) is 7.86. The van der Waals surface area contributed by atoms with Gasteiger partial charge in [-0.1, -0.05) is 35.5 Å². The van der Waals surface area contributed by atoms with Gasteiger partial charge in [0.25, 0.3) is 0 Å². The van der Waals surface area contributed by atoms with Gasteiger partial charge in [-0.05, 0) is 12.5 Å². The zero-order chi connectivity index (χ0) is 11.2. The van der Waals surface area contributed by atoms with Gasteiger partial charge in [-0.2, -0.15) is 5.10 Å². The molecule has 1 heterocycles. The van der Waals surface area contributed by atoms with Crippen molar-refractivity contribution < 1.29 is 4.84 Å². The summed E-state index contributed by atoms with van der Waals surface area (Å²) in [6.07, 6.45) is 3.03. The van der Waals surface area contributed by atoms with Gasteiger partial charge in [-0.3, -0.25) is 0 Å². The SMILES string of the molecule is CC(=NOCc1ccccc1)n1cncn1. The lowest BCUT2D eigenvalue weighted by atomic mass is 10.2. The van der Waals surface area contributed by atoms with Crippen LogP contribution in [-0.2, 0) is 11.4 Å². The van der Waals surface area contributed by atoms with Gasteiger partial charge in [-0.25, -0.2) is 9.67 Å². The minimum atomic E-state index is 0.451. The summed E-state index contributed by atoms with van der Waals surface area (Å²) in [6.45, 7) is 2.26. The van der Waals surface area contributed by atoms with Gasteiger partial charge in [0.05, 0.1) is 0 Å². The van der Waals surface area contributed by atoms with Crippen LogP contribution in [0.4, 0.5) is 0 Å². The van der Waals surface area contributed by atoms with E-state index < -0.39 is 0 Å². The molecule has 1 aromatic carbocycles. The van der Waals surface area contributed by atoms with Crippen molar-refractivity contribution >= 4 is 5.84 Å². The van der Waals surface area contributed by atoms with Crippen LogP contribution in [-0.4, -0.2) is 20.6 Å². The number of hydrogen-bond acceptors (Lipinski definition) is 4. The zero-order valence-electron chi connectivity index (χ0n) is 8.95. The molecular formula is C11H12N4O. The maximum Gasteiger partial charge on any atom is 0.167 e. The summed E-state index contributed by atoms with van der Waals surface area (Å²) >= 11 is 0. The minimum Gasteiger partial charge on any atom is -0.389 e. The predicted molar refractivity (Wildman–Crippen MR) is 59.8 cm³/mol. The van der Waals surface area contributed by atoms with E-state index in [2.05, 4.69) is 15.2 Å². The van der Waals surface area contributed by atoms with Gasteiger partial charge < -0.3 is 4.84 Å². The van der Waals surface area contributed by atoms with Crippen LogP contribution in [0.15, 0.2) is 48.1 Å². The van der Waals surface area contributed by atoms with Crippen molar-refractivity contribution in [2.75, 3.05) is 0 Å². The maximum absolute atomic E-state index is 5.20. The Labute approximate surface area is 93.4 Å². The highest BCUT2D eigenvalue weighted by Crippen LogP contribution is 2.00. The molecule has 0 fully saturated rings. The number of aromatic nitrogens is 3. The Morgan fingerprint density at radius 3 is 2.88 bits per heavy atom. The van der Waals surface area contributed by atoms with Crippen LogP contribution < -0.4 is 0 Å². The molecule has 0 aliphatic heterocycles. The molecule has 16 heavy (non-hydrogen) atoms. The highest BCUT2D eigenvalue weighted by Gasteiger charge is 1.96. The van der Waals surface area contributed by atoms with Crippen LogP contribution in [0.1, 0.15) is 12.5 Å².